The van der Waals surface area contributed by atoms with Crippen molar-refractivity contribution in [1.82, 2.24) is 14.5 Å². The van der Waals surface area contributed by atoms with E-state index in [9.17, 15) is 4.39 Å². The van der Waals surface area contributed by atoms with Gasteiger partial charge in [0.2, 0.25) is 0 Å². The van der Waals surface area contributed by atoms with Crippen molar-refractivity contribution in [3.63, 3.8) is 0 Å². The van der Waals surface area contributed by atoms with Crippen LogP contribution in [0.4, 0.5) is 4.39 Å². The number of benzene rings is 1. The smallest absolute Gasteiger partial charge is 0.165 e. The van der Waals surface area contributed by atoms with Crippen LogP contribution >= 0.6 is 0 Å². The molecule has 3 rings (SSSR count). The first-order valence-corrected chi connectivity index (χ1v) is 8.11. The van der Waals surface area contributed by atoms with Crippen molar-refractivity contribution in [2.75, 3.05) is 20.2 Å². The number of methoxy groups -OCH3 is 1. The van der Waals surface area contributed by atoms with E-state index in [2.05, 4.69) is 27.7 Å². The summed E-state index contributed by atoms with van der Waals surface area (Å²) >= 11 is 0. The number of hydrogen-bond acceptors (Lipinski definition) is 3. The first-order chi connectivity index (χ1) is 11.1. The number of ether oxygens (including phenoxy) is 1. The molecule has 1 aliphatic rings. The molecule has 124 valence electrons. The van der Waals surface area contributed by atoms with Gasteiger partial charge < -0.3 is 9.30 Å². The molecular weight excluding hydrogens is 293 g/mol. The summed E-state index contributed by atoms with van der Waals surface area (Å²) in [7, 11) is 3.57. The van der Waals surface area contributed by atoms with Crippen molar-refractivity contribution in [2.24, 2.45) is 7.05 Å². The minimum Gasteiger partial charge on any atom is -0.494 e. The molecule has 23 heavy (non-hydrogen) atoms. The maximum Gasteiger partial charge on any atom is 0.165 e. The van der Waals surface area contributed by atoms with Crippen LogP contribution in [-0.2, 0) is 13.6 Å². The molecule has 0 saturated carbocycles. The molecule has 1 atom stereocenters. The average Bonchev–Trinajstić information content (AvgIpc) is 2.88. The lowest BCUT2D eigenvalue weighted by molar-refractivity contribution is 0.195. The lowest BCUT2D eigenvalue weighted by atomic mass is 9.96. The Bertz CT molecular complexity index is 683. The highest BCUT2D eigenvalue weighted by molar-refractivity contribution is 5.30. The molecular formula is C18H24FN3O. The Labute approximate surface area is 136 Å². The van der Waals surface area contributed by atoms with Crippen molar-refractivity contribution in [1.29, 1.82) is 0 Å². The monoisotopic (exact) mass is 317 g/mol. The molecule has 5 heteroatoms. The van der Waals surface area contributed by atoms with E-state index in [0.717, 1.165) is 37.3 Å². The average molecular weight is 317 g/mol. The van der Waals surface area contributed by atoms with Crippen molar-refractivity contribution < 1.29 is 9.13 Å². The fourth-order valence-electron chi connectivity index (χ4n) is 3.48. The highest BCUT2D eigenvalue weighted by atomic mass is 19.1. The lowest BCUT2D eigenvalue weighted by Gasteiger charge is -2.32. The molecule has 0 N–H and O–H groups in total. The zero-order valence-electron chi connectivity index (χ0n) is 14.1. The van der Waals surface area contributed by atoms with E-state index < -0.39 is 0 Å². The number of hydrogen-bond donors (Lipinski definition) is 0. The van der Waals surface area contributed by atoms with Crippen LogP contribution in [0, 0.1) is 12.7 Å². The first-order valence-electron chi connectivity index (χ1n) is 8.11. The minimum absolute atomic E-state index is 0.309. The van der Waals surface area contributed by atoms with E-state index in [4.69, 9.17) is 4.74 Å². The van der Waals surface area contributed by atoms with E-state index in [1.54, 1.807) is 6.07 Å². The summed E-state index contributed by atoms with van der Waals surface area (Å²) in [6.07, 6.45) is 4.42. The third-order valence-corrected chi connectivity index (χ3v) is 4.53. The standard InChI is InChI=1S/C18H24FN3O/c1-13-10-21(2)18(20-13)15-5-4-8-22(12-15)11-14-6-7-16(19)17(9-14)23-3/h6-7,9-10,15H,4-5,8,11-12H2,1-3H3/t15-/m1/s1. The van der Waals surface area contributed by atoms with E-state index >= 15 is 0 Å². The Morgan fingerprint density at radius 2 is 2.22 bits per heavy atom. The molecule has 0 unspecified atom stereocenters. The van der Waals surface area contributed by atoms with E-state index in [0.29, 0.717) is 11.7 Å². The first kappa shape index (κ1) is 16.0. The lowest BCUT2D eigenvalue weighted by Crippen LogP contribution is -2.34. The van der Waals surface area contributed by atoms with Gasteiger partial charge in [0, 0.05) is 32.3 Å². The Morgan fingerprint density at radius 3 is 2.91 bits per heavy atom. The van der Waals surface area contributed by atoms with Crippen LogP contribution in [-0.4, -0.2) is 34.7 Å². The van der Waals surface area contributed by atoms with Crippen LogP contribution in [0.5, 0.6) is 5.75 Å². The molecule has 0 spiro atoms. The van der Waals surface area contributed by atoms with Gasteiger partial charge in [-0.1, -0.05) is 6.07 Å². The zero-order chi connectivity index (χ0) is 16.4. The molecule has 2 heterocycles. The number of rotatable bonds is 4. The van der Waals surface area contributed by atoms with Gasteiger partial charge in [0.05, 0.1) is 12.8 Å². The number of nitrogens with zero attached hydrogens (tertiary/aromatic N) is 3. The maximum atomic E-state index is 13.5. The Balaban J connectivity index is 1.70. The fourth-order valence-corrected chi connectivity index (χ4v) is 3.48. The van der Waals surface area contributed by atoms with Crippen LogP contribution in [0.25, 0.3) is 0 Å². The number of piperidine rings is 1. The minimum atomic E-state index is -0.309. The number of aryl methyl sites for hydroxylation is 2. The second-order valence-corrected chi connectivity index (χ2v) is 6.39. The molecule has 0 radical (unpaired) electrons. The van der Waals surface area contributed by atoms with Crippen molar-refractivity contribution in [3.05, 3.63) is 47.3 Å². The summed E-state index contributed by atoms with van der Waals surface area (Å²) in [5.41, 5.74) is 2.16. The molecule has 0 aliphatic carbocycles. The molecule has 4 nitrogen and oxygen atoms in total. The second kappa shape index (κ2) is 6.71. The van der Waals surface area contributed by atoms with E-state index in [1.807, 2.05) is 13.0 Å². The summed E-state index contributed by atoms with van der Waals surface area (Å²) < 4.78 is 20.7. The van der Waals surface area contributed by atoms with Gasteiger partial charge in [-0.15, -0.1) is 0 Å². The second-order valence-electron chi connectivity index (χ2n) is 6.39. The predicted octanol–water partition coefficient (Wildman–Crippen LogP) is 3.26. The van der Waals surface area contributed by atoms with Crippen LogP contribution < -0.4 is 4.74 Å². The highest BCUT2D eigenvalue weighted by Gasteiger charge is 2.24. The summed E-state index contributed by atoms with van der Waals surface area (Å²) in [4.78, 5) is 7.10. The predicted molar refractivity (Wildman–Crippen MR) is 88.1 cm³/mol. The summed E-state index contributed by atoms with van der Waals surface area (Å²) in [5.74, 6) is 1.64. The molecule has 1 aromatic carbocycles. The maximum absolute atomic E-state index is 13.5. The van der Waals surface area contributed by atoms with Crippen LogP contribution in [0.2, 0.25) is 0 Å². The Hall–Kier alpha value is -1.88. The van der Waals surface area contributed by atoms with Gasteiger partial charge in [-0.25, -0.2) is 9.37 Å². The molecule has 1 fully saturated rings. The number of likely N-dealkylation sites (tertiary alicyclic amines) is 1. The Morgan fingerprint density at radius 1 is 1.39 bits per heavy atom. The topological polar surface area (TPSA) is 30.3 Å². The molecule has 1 saturated heterocycles. The molecule has 0 bridgehead atoms. The summed E-state index contributed by atoms with van der Waals surface area (Å²) in [6, 6.07) is 5.12. The third-order valence-electron chi connectivity index (χ3n) is 4.53. The molecule has 1 aromatic heterocycles. The van der Waals surface area contributed by atoms with Gasteiger partial charge in [0.15, 0.2) is 11.6 Å². The van der Waals surface area contributed by atoms with Crippen LogP contribution in [0.15, 0.2) is 24.4 Å². The van der Waals surface area contributed by atoms with Crippen LogP contribution in [0.1, 0.15) is 35.8 Å². The molecule has 0 amide bonds. The largest absolute Gasteiger partial charge is 0.494 e. The molecule has 2 aromatic rings. The Kier molecular flexibility index (Phi) is 4.66. The SMILES string of the molecule is COc1cc(CN2CCC[C@@H](c3nc(C)cn3C)C2)ccc1F. The van der Waals surface area contributed by atoms with Gasteiger partial charge in [-0.05, 0) is 44.0 Å². The van der Waals surface area contributed by atoms with Gasteiger partial charge in [-0.3, -0.25) is 4.90 Å². The zero-order valence-corrected chi connectivity index (χ0v) is 14.1. The normalized spacial score (nSPS) is 19.0. The third kappa shape index (κ3) is 3.55. The number of aromatic nitrogens is 2. The van der Waals surface area contributed by atoms with E-state index in [1.165, 1.54) is 25.4 Å². The number of halogens is 1. The van der Waals surface area contributed by atoms with Gasteiger partial charge in [-0.2, -0.15) is 0 Å². The number of imidazole rings is 1. The van der Waals surface area contributed by atoms with Crippen LogP contribution in [0.3, 0.4) is 0 Å². The van der Waals surface area contributed by atoms with E-state index in [-0.39, 0.29) is 5.82 Å². The van der Waals surface area contributed by atoms with Crippen molar-refractivity contribution in [3.8, 4) is 5.75 Å². The van der Waals surface area contributed by atoms with Gasteiger partial charge >= 0.3 is 0 Å². The quantitative estimate of drug-likeness (QED) is 0.867. The summed E-state index contributed by atoms with van der Waals surface area (Å²) in [5, 5.41) is 0. The van der Waals surface area contributed by atoms with Gasteiger partial charge in [0.1, 0.15) is 5.82 Å². The summed E-state index contributed by atoms with van der Waals surface area (Å²) in [6.45, 7) is 4.91. The van der Waals surface area contributed by atoms with Crippen molar-refractivity contribution in [2.45, 2.75) is 32.2 Å². The van der Waals surface area contributed by atoms with Gasteiger partial charge in [0.25, 0.3) is 0 Å². The molecule has 1 aliphatic heterocycles. The van der Waals surface area contributed by atoms with Crippen molar-refractivity contribution >= 4 is 0 Å². The fraction of sp³-hybridized carbons (Fsp3) is 0.500. The highest BCUT2D eigenvalue weighted by Crippen LogP contribution is 2.28.